The minimum Gasteiger partial charge on any atom is -0.411 e. The topological polar surface area (TPSA) is 37.0 Å². The molecule has 0 saturated heterocycles. The maximum atomic E-state index is 9.24. The SMILES string of the molecule is C[C@@H]1[C@H]2C[C@H]([C@H](C[NH+](C)C)/C2=N\O)C1(C)C. The van der Waals surface area contributed by atoms with Crippen LogP contribution in [0.5, 0.6) is 0 Å². The van der Waals surface area contributed by atoms with Gasteiger partial charge < -0.3 is 10.1 Å². The lowest BCUT2D eigenvalue weighted by Crippen LogP contribution is -3.06. The fourth-order valence-corrected chi connectivity index (χ4v) is 4.01. The van der Waals surface area contributed by atoms with Crippen LogP contribution < -0.4 is 4.90 Å². The van der Waals surface area contributed by atoms with Crippen LogP contribution in [-0.2, 0) is 0 Å². The summed E-state index contributed by atoms with van der Waals surface area (Å²) in [6.07, 6.45) is 1.23. The molecule has 0 unspecified atom stereocenters. The number of hydrogen-bond acceptors (Lipinski definition) is 2. The van der Waals surface area contributed by atoms with Gasteiger partial charge in [-0.25, -0.2) is 0 Å². The van der Waals surface area contributed by atoms with Crippen molar-refractivity contribution in [1.29, 1.82) is 0 Å². The van der Waals surface area contributed by atoms with E-state index in [1.165, 1.54) is 11.3 Å². The van der Waals surface area contributed by atoms with Crippen molar-refractivity contribution in [2.24, 2.45) is 34.2 Å². The van der Waals surface area contributed by atoms with Gasteiger partial charge in [0.05, 0.1) is 32.3 Å². The lowest BCUT2D eigenvalue weighted by molar-refractivity contribution is -0.861. The smallest absolute Gasteiger partial charge is 0.0852 e. The average molecular weight is 225 g/mol. The van der Waals surface area contributed by atoms with Crippen LogP contribution in [0.15, 0.2) is 5.16 Å². The van der Waals surface area contributed by atoms with Crippen molar-refractivity contribution in [2.45, 2.75) is 27.2 Å². The molecule has 0 aliphatic heterocycles. The minimum atomic E-state index is 0.402. The van der Waals surface area contributed by atoms with Crippen LogP contribution in [0.2, 0.25) is 0 Å². The summed E-state index contributed by atoms with van der Waals surface area (Å²) in [5, 5.41) is 12.9. The molecule has 2 saturated carbocycles. The third-order valence-corrected chi connectivity index (χ3v) is 5.23. The zero-order valence-electron chi connectivity index (χ0n) is 11.1. The summed E-state index contributed by atoms with van der Waals surface area (Å²) in [4.78, 5) is 1.45. The van der Waals surface area contributed by atoms with E-state index in [1.54, 1.807) is 0 Å². The lowest BCUT2D eigenvalue weighted by atomic mass is 9.64. The number of rotatable bonds is 2. The summed E-state index contributed by atoms with van der Waals surface area (Å²) >= 11 is 0. The van der Waals surface area contributed by atoms with Gasteiger partial charge in [-0.15, -0.1) is 0 Å². The molecule has 4 atom stereocenters. The first-order valence-corrected chi connectivity index (χ1v) is 6.40. The van der Waals surface area contributed by atoms with Crippen molar-refractivity contribution >= 4 is 5.71 Å². The molecule has 0 aromatic carbocycles. The number of oxime groups is 1. The van der Waals surface area contributed by atoms with Gasteiger partial charge in [-0.3, -0.25) is 0 Å². The van der Waals surface area contributed by atoms with E-state index in [2.05, 4.69) is 40.0 Å². The van der Waals surface area contributed by atoms with E-state index in [1.807, 2.05) is 0 Å². The zero-order chi connectivity index (χ0) is 12.1. The fourth-order valence-electron chi connectivity index (χ4n) is 4.01. The van der Waals surface area contributed by atoms with Crippen molar-refractivity contribution in [2.75, 3.05) is 20.6 Å². The quantitative estimate of drug-likeness (QED) is 0.531. The van der Waals surface area contributed by atoms with Crippen LogP contribution in [-0.4, -0.2) is 31.6 Å². The predicted molar refractivity (Wildman–Crippen MR) is 64.9 cm³/mol. The first kappa shape index (κ1) is 11.9. The van der Waals surface area contributed by atoms with E-state index < -0.39 is 0 Å². The summed E-state index contributed by atoms with van der Waals surface area (Å²) in [7, 11) is 4.36. The molecule has 0 spiro atoms. The maximum absolute atomic E-state index is 9.24. The van der Waals surface area contributed by atoms with E-state index in [-0.39, 0.29) is 0 Å². The molecule has 0 aromatic heterocycles. The molecule has 2 fully saturated rings. The van der Waals surface area contributed by atoms with Gasteiger partial charge in [0, 0.05) is 5.92 Å². The number of nitrogens with zero attached hydrogens (tertiary/aromatic N) is 1. The molecule has 2 rings (SSSR count). The minimum absolute atomic E-state index is 0.402. The Kier molecular flexibility index (Phi) is 2.77. The van der Waals surface area contributed by atoms with Crippen molar-refractivity contribution in [3.63, 3.8) is 0 Å². The molecule has 2 N–H and O–H groups in total. The Hall–Kier alpha value is -0.570. The van der Waals surface area contributed by atoms with Crippen LogP contribution >= 0.6 is 0 Å². The Bertz CT molecular complexity index is 309. The van der Waals surface area contributed by atoms with Gasteiger partial charge in [0.1, 0.15) is 0 Å². The van der Waals surface area contributed by atoms with Gasteiger partial charge in [-0.2, -0.15) is 0 Å². The van der Waals surface area contributed by atoms with Crippen LogP contribution in [0.3, 0.4) is 0 Å². The average Bonchev–Trinajstić information content (AvgIpc) is 2.63. The van der Waals surface area contributed by atoms with Gasteiger partial charge in [-0.1, -0.05) is 25.9 Å². The second-order valence-corrected chi connectivity index (χ2v) is 6.60. The first-order valence-electron chi connectivity index (χ1n) is 6.40. The lowest BCUT2D eigenvalue weighted by Gasteiger charge is -2.40. The van der Waals surface area contributed by atoms with Gasteiger partial charge in [0.2, 0.25) is 0 Å². The molecule has 2 aliphatic rings. The van der Waals surface area contributed by atoms with Gasteiger partial charge in [0.15, 0.2) is 0 Å². The summed E-state index contributed by atoms with van der Waals surface area (Å²) in [6, 6.07) is 0. The zero-order valence-corrected chi connectivity index (χ0v) is 11.1. The molecule has 2 bridgehead atoms. The molecule has 0 heterocycles. The largest absolute Gasteiger partial charge is 0.411 e. The highest BCUT2D eigenvalue weighted by Gasteiger charge is 2.59. The summed E-state index contributed by atoms with van der Waals surface area (Å²) in [6.45, 7) is 8.17. The number of nitrogens with one attached hydrogen (secondary N) is 1. The molecule has 0 amide bonds. The van der Waals surface area contributed by atoms with Crippen LogP contribution in [0.4, 0.5) is 0 Å². The third kappa shape index (κ3) is 1.48. The Morgan fingerprint density at radius 2 is 2.06 bits per heavy atom. The molecule has 2 aliphatic carbocycles. The highest BCUT2D eigenvalue weighted by molar-refractivity contribution is 5.92. The maximum Gasteiger partial charge on any atom is 0.0852 e. The molecular formula is C13H25N2O+. The highest BCUT2D eigenvalue weighted by Crippen LogP contribution is 2.59. The predicted octanol–water partition coefficient (Wildman–Crippen LogP) is 0.889. The Morgan fingerprint density at radius 3 is 2.56 bits per heavy atom. The van der Waals surface area contributed by atoms with E-state index >= 15 is 0 Å². The van der Waals surface area contributed by atoms with Crippen molar-refractivity contribution in [3.05, 3.63) is 0 Å². The van der Waals surface area contributed by atoms with Crippen molar-refractivity contribution < 1.29 is 10.1 Å². The van der Waals surface area contributed by atoms with Gasteiger partial charge in [0.25, 0.3) is 0 Å². The van der Waals surface area contributed by atoms with E-state index in [4.69, 9.17) is 0 Å². The molecule has 3 heteroatoms. The fraction of sp³-hybridized carbons (Fsp3) is 0.923. The summed E-state index contributed by atoms with van der Waals surface area (Å²) in [5.41, 5.74) is 1.48. The van der Waals surface area contributed by atoms with E-state index in [0.717, 1.165) is 12.3 Å². The molecule has 3 nitrogen and oxygen atoms in total. The standard InChI is InChI=1S/C13H24N2O/c1-8-9-6-11(13(8,2)3)10(7-15(4)5)12(9)14-16/h8-11,16H,6-7H2,1-5H3/p+1/b14-12-/t8-,9-,10+,11-/m1/s1. The van der Waals surface area contributed by atoms with Crippen LogP contribution in [0.25, 0.3) is 0 Å². The number of hydrogen-bond donors (Lipinski definition) is 2. The van der Waals surface area contributed by atoms with Crippen LogP contribution in [0.1, 0.15) is 27.2 Å². The van der Waals surface area contributed by atoms with E-state index in [0.29, 0.717) is 29.1 Å². The van der Waals surface area contributed by atoms with Gasteiger partial charge >= 0.3 is 0 Å². The Morgan fingerprint density at radius 1 is 1.44 bits per heavy atom. The summed E-state index contributed by atoms with van der Waals surface area (Å²) in [5.74, 6) is 2.37. The van der Waals surface area contributed by atoms with Crippen molar-refractivity contribution in [3.8, 4) is 0 Å². The molecule has 16 heavy (non-hydrogen) atoms. The molecule has 0 radical (unpaired) electrons. The molecule has 92 valence electrons. The van der Waals surface area contributed by atoms with Gasteiger partial charge in [-0.05, 0) is 23.7 Å². The Balaban J connectivity index is 2.27. The molecule has 0 aromatic rings. The monoisotopic (exact) mass is 225 g/mol. The number of fused-ring (bicyclic) bond motifs is 2. The third-order valence-electron chi connectivity index (χ3n) is 5.23. The highest BCUT2D eigenvalue weighted by atomic mass is 16.4. The Labute approximate surface area is 98.5 Å². The second-order valence-electron chi connectivity index (χ2n) is 6.60. The van der Waals surface area contributed by atoms with E-state index in [9.17, 15) is 5.21 Å². The second kappa shape index (κ2) is 3.73. The van der Waals surface area contributed by atoms with Crippen molar-refractivity contribution in [1.82, 2.24) is 0 Å². The number of quaternary nitrogens is 1. The van der Waals surface area contributed by atoms with Crippen LogP contribution in [0, 0.1) is 29.1 Å². The molecular weight excluding hydrogens is 200 g/mol. The summed E-state index contributed by atoms with van der Waals surface area (Å²) < 4.78 is 0. The first-order chi connectivity index (χ1) is 7.39. The normalized spacial score (nSPS) is 43.5.